The second kappa shape index (κ2) is 11.5. The summed E-state index contributed by atoms with van der Waals surface area (Å²) >= 11 is 0. The van der Waals surface area contributed by atoms with E-state index >= 15 is 0 Å². The number of rotatable bonds is 10. The van der Waals surface area contributed by atoms with E-state index in [1.807, 2.05) is 24.3 Å². The molecular formula is C25H31N5O4. The fourth-order valence-corrected chi connectivity index (χ4v) is 3.93. The molecule has 9 nitrogen and oxygen atoms in total. The monoisotopic (exact) mass is 465 g/mol. The number of likely N-dealkylation sites (tertiary alicyclic amines) is 1. The highest BCUT2D eigenvalue weighted by atomic mass is 16.5. The molecule has 4 rings (SSSR count). The van der Waals surface area contributed by atoms with E-state index in [1.165, 1.54) is 19.8 Å². The molecule has 0 spiro atoms. The Morgan fingerprint density at radius 3 is 2.18 bits per heavy atom. The molecule has 1 fully saturated rings. The highest BCUT2D eigenvalue weighted by molar-refractivity contribution is 5.43. The van der Waals surface area contributed by atoms with Crippen LogP contribution in [0.1, 0.15) is 24.0 Å². The van der Waals surface area contributed by atoms with Crippen LogP contribution >= 0.6 is 0 Å². The van der Waals surface area contributed by atoms with Crippen LogP contribution in [0.4, 0.5) is 5.95 Å². The van der Waals surface area contributed by atoms with Gasteiger partial charge in [0.05, 0.1) is 21.3 Å². The number of nitrogens with zero attached hydrogens (tertiary/aromatic N) is 4. The van der Waals surface area contributed by atoms with Crippen LogP contribution < -0.4 is 24.3 Å². The molecule has 3 aromatic rings. The van der Waals surface area contributed by atoms with Crippen LogP contribution in [-0.2, 0) is 13.2 Å². The lowest BCUT2D eigenvalue weighted by Gasteiger charge is -2.32. The van der Waals surface area contributed by atoms with E-state index in [9.17, 15) is 0 Å². The van der Waals surface area contributed by atoms with Crippen LogP contribution in [0.3, 0.4) is 0 Å². The summed E-state index contributed by atoms with van der Waals surface area (Å²) in [5.74, 6) is 1.97. The van der Waals surface area contributed by atoms with Crippen LogP contribution in [0.25, 0.3) is 0 Å². The van der Waals surface area contributed by atoms with Crippen molar-refractivity contribution in [3.8, 4) is 23.5 Å². The predicted molar refractivity (Wildman–Crippen MR) is 129 cm³/mol. The summed E-state index contributed by atoms with van der Waals surface area (Å²) in [6, 6.07) is 17.0. The first kappa shape index (κ1) is 23.6. The molecule has 1 aromatic heterocycles. The van der Waals surface area contributed by atoms with E-state index in [2.05, 4.69) is 49.4 Å². The Morgan fingerprint density at radius 1 is 0.824 bits per heavy atom. The zero-order valence-corrected chi connectivity index (χ0v) is 19.9. The standard InChI is InChI=1S/C25H31N5O4/c1-31-21-10-9-19(15-22(21)34-17-18-7-5-4-6-8-18)16-30-13-11-20(12-14-30)26-23-27-24(32-2)29-25(28-23)33-3/h4-10,15,20H,11-14,16-17H2,1-3H3,(H,26,27,28,29). The van der Waals surface area contributed by atoms with Crippen LogP contribution in [0, 0.1) is 0 Å². The van der Waals surface area contributed by atoms with E-state index in [0.717, 1.165) is 49.5 Å². The Labute approximate surface area is 200 Å². The van der Waals surface area contributed by atoms with Gasteiger partial charge >= 0.3 is 12.0 Å². The number of hydrogen-bond donors (Lipinski definition) is 1. The van der Waals surface area contributed by atoms with Crippen molar-refractivity contribution in [2.24, 2.45) is 0 Å². The maximum atomic E-state index is 6.07. The van der Waals surface area contributed by atoms with E-state index in [0.29, 0.717) is 12.6 Å². The zero-order chi connectivity index (χ0) is 23.8. The number of hydrogen-bond acceptors (Lipinski definition) is 9. The normalized spacial score (nSPS) is 14.4. The van der Waals surface area contributed by atoms with Crippen molar-refractivity contribution in [1.82, 2.24) is 19.9 Å². The van der Waals surface area contributed by atoms with Gasteiger partial charge in [0.2, 0.25) is 5.95 Å². The van der Waals surface area contributed by atoms with Crippen LogP contribution in [0.2, 0.25) is 0 Å². The van der Waals surface area contributed by atoms with Crippen molar-refractivity contribution in [2.75, 3.05) is 39.7 Å². The first-order chi connectivity index (χ1) is 16.7. The molecule has 0 aliphatic carbocycles. The third-order valence-corrected chi connectivity index (χ3v) is 5.75. The number of benzene rings is 2. The largest absolute Gasteiger partial charge is 0.493 e. The molecule has 2 heterocycles. The lowest BCUT2D eigenvalue weighted by atomic mass is 10.0. The van der Waals surface area contributed by atoms with Gasteiger partial charge in [-0.15, -0.1) is 4.98 Å². The minimum absolute atomic E-state index is 0.233. The molecule has 0 unspecified atom stereocenters. The summed E-state index contributed by atoms with van der Waals surface area (Å²) in [6.45, 7) is 3.28. The number of piperidine rings is 1. The SMILES string of the molecule is COc1nc(NC2CCN(Cc3ccc(OC)c(OCc4ccccc4)c3)CC2)nc(OC)n1. The van der Waals surface area contributed by atoms with E-state index in [1.54, 1.807) is 7.11 Å². The van der Waals surface area contributed by atoms with E-state index in [-0.39, 0.29) is 18.1 Å². The molecule has 34 heavy (non-hydrogen) atoms. The molecule has 2 aromatic carbocycles. The van der Waals surface area contributed by atoms with Crippen molar-refractivity contribution in [1.29, 1.82) is 0 Å². The summed E-state index contributed by atoms with van der Waals surface area (Å²) in [5.41, 5.74) is 2.32. The van der Waals surface area contributed by atoms with E-state index in [4.69, 9.17) is 18.9 Å². The third kappa shape index (κ3) is 6.26. The Balaban J connectivity index is 1.32. The van der Waals surface area contributed by atoms with Crippen molar-refractivity contribution < 1.29 is 18.9 Å². The second-order valence-corrected chi connectivity index (χ2v) is 8.09. The van der Waals surface area contributed by atoms with Crippen molar-refractivity contribution in [3.05, 3.63) is 59.7 Å². The van der Waals surface area contributed by atoms with Gasteiger partial charge in [-0.2, -0.15) is 9.97 Å². The number of methoxy groups -OCH3 is 3. The maximum Gasteiger partial charge on any atom is 0.324 e. The minimum Gasteiger partial charge on any atom is -0.493 e. The molecule has 0 saturated carbocycles. The summed E-state index contributed by atoms with van der Waals surface area (Å²) in [4.78, 5) is 15.0. The summed E-state index contributed by atoms with van der Waals surface area (Å²) in [5, 5.41) is 3.39. The van der Waals surface area contributed by atoms with Gasteiger partial charge in [0.25, 0.3) is 0 Å². The number of anilines is 1. The molecule has 180 valence electrons. The maximum absolute atomic E-state index is 6.07. The van der Waals surface area contributed by atoms with Crippen molar-refractivity contribution >= 4 is 5.95 Å². The molecule has 1 aliphatic rings. The average Bonchev–Trinajstić information content (AvgIpc) is 2.89. The predicted octanol–water partition coefficient (Wildman–Crippen LogP) is 3.55. The fourth-order valence-electron chi connectivity index (χ4n) is 3.93. The van der Waals surface area contributed by atoms with Gasteiger partial charge in [0, 0.05) is 25.7 Å². The lowest BCUT2D eigenvalue weighted by Crippen LogP contribution is -2.39. The van der Waals surface area contributed by atoms with Gasteiger partial charge in [-0.1, -0.05) is 36.4 Å². The van der Waals surface area contributed by atoms with E-state index < -0.39 is 0 Å². The van der Waals surface area contributed by atoms with Crippen molar-refractivity contribution in [2.45, 2.75) is 32.0 Å². The van der Waals surface area contributed by atoms with Gasteiger partial charge in [-0.3, -0.25) is 4.90 Å². The molecule has 0 atom stereocenters. The van der Waals surface area contributed by atoms with Gasteiger partial charge in [-0.05, 0) is 36.1 Å². The van der Waals surface area contributed by atoms with Crippen LogP contribution in [0.5, 0.6) is 23.5 Å². The first-order valence-corrected chi connectivity index (χ1v) is 11.3. The first-order valence-electron chi connectivity index (χ1n) is 11.3. The summed E-state index contributed by atoms with van der Waals surface area (Å²) < 4.78 is 21.8. The van der Waals surface area contributed by atoms with Crippen LogP contribution in [0.15, 0.2) is 48.5 Å². The highest BCUT2D eigenvalue weighted by Gasteiger charge is 2.21. The highest BCUT2D eigenvalue weighted by Crippen LogP contribution is 2.30. The minimum atomic E-state index is 0.233. The number of nitrogens with one attached hydrogen (secondary N) is 1. The topological polar surface area (TPSA) is 90.9 Å². The molecule has 0 radical (unpaired) electrons. The van der Waals surface area contributed by atoms with Gasteiger partial charge in [0.15, 0.2) is 11.5 Å². The lowest BCUT2D eigenvalue weighted by molar-refractivity contribution is 0.210. The molecule has 9 heteroatoms. The quantitative estimate of drug-likeness (QED) is 0.483. The summed E-state index contributed by atoms with van der Waals surface area (Å²) in [7, 11) is 4.71. The third-order valence-electron chi connectivity index (χ3n) is 5.75. The smallest absolute Gasteiger partial charge is 0.324 e. The van der Waals surface area contributed by atoms with Gasteiger partial charge in [0.1, 0.15) is 6.61 Å². The molecule has 1 N–H and O–H groups in total. The molecule has 0 amide bonds. The Bertz CT molecular complexity index is 1040. The molecule has 0 bridgehead atoms. The van der Waals surface area contributed by atoms with Crippen molar-refractivity contribution in [3.63, 3.8) is 0 Å². The Kier molecular flexibility index (Phi) is 7.98. The fraction of sp³-hybridized carbons (Fsp3) is 0.400. The van der Waals surface area contributed by atoms with Gasteiger partial charge < -0.3 is 24.3 Å². The zero-order valence-electron chi connectivity index (χ0n) is 19.9. The number of aromatic nitrogens is 3. The average molecular weight is 466 g/mol. The molecular weight excluding hydrogens is 434 g/mol. The van der Waals surface area contributed by atoms with Crippen LogP contribution in [-0.4, -0.2) is 60.3 Å². The van der Waals surface area contributed by atoms with Gasteiger partial charge in [-0.25, -0.2) is 0 Å². The number of ether oxygens (including phenoxy) is 4. The second-order valence-electron chi connectivity index (χ2n) is 8.09. The Morgan fingerprint density at radius 2 is 1.53 bits per heavy atom. The molecule has 1 aliphatic heterocycles. The Hall–Kier alpha value is -3.59. The summed E-state index contributed by atoms with van der Waals surface area (Å²) in [6.07, 6.45) is 1.95. The molecule has 1 saturated heterocycles.